The summed E-state index contributed by atoms with van der Waals surface area (Å²) in [4.78, 5) is 23.9. The van der Waals surface area contributed by atoms with E-state index in [1.54, 1.807) is 12.4 Å². The zero-order valence-corrected chi connectivity index (χ0v) is 16.6. The lowest BCUT2D eigenvalue weighted by atomic mass is 10.1. The highest BCUT2D eigenvalue weighted by Crippen LogP contribution is 2.30. The molecule has 0 spiro atoms. The highest BCUT2D eigenvalue weighted by molar-refractivity contribution is 6.00. The minimum atomic E-state index is -0.262. The number of urea groups is 1. The molecule has 3 aromatic rings. The first-order valence-electron chi connectivity index (χ1n) is 10.1. The van der Waals surface area contributed by atoms with Crippen molar-refractivity contribution in [1.82, 2.24) is 9.97 Å². The molecule has 0 radical (unpaired) electrons. The standard InChI is InChI=1S/C23H25N5O/c1-2-17-8-3-4-11-20(17)27-23(29)26-19-10-7-9-18(16-19)21-22(25-13-12-24-21)28-14-5-6-15-28/h3-4,7-13,16H,2,5-6,14-15H2,1H3,(H2,26,27,29). The number of amides is 2. The molecule has 2 aromatic carbocycles. The molecule has 2 heterocycles. The molecule has 0 saturated carbocycles. The molecule has 0 atom stereocenters. The number of aryl methyl sites for hydroxylation is 1. The Labute approximate surface area is 171 Å². The van der Waals surface area contributed by atoms with Gasteiger partial charge in [0.05, 0.1) is 0 Å². The molecule has 29 heavy (non-hydrogen) atoms. The van der Waals surface area contributed by atoms with Gasteiger partial charge in [0, 0.05) is 42.4 Å². The van der Waals surface area contributed by atoms with Crippen molar-refractivity contribution in [3.05, 3.63) is 66.5 Å². The summed E-state index contributed by atoms with van der Waals surface area (Å²) in [5.41, 5.74) is 4.42. The molecule has 0 bridgehead atoms. The summed E-state index contributed by atoms with van der Waals surface area (Å²) in [7, 11) is 0. The highest BCUT2D eigenvalue weighted by atomic mass is 16.2. The van der Waals surface area contributed by atoms with E-state index < -0.39 is 0 Å². The fourth-order valence-electron chi connectivity index (χ4n) is 3.67. The molecule has 4 rings (SSSR count). The second kappa shape index (κ2) is 8.73. The normalized spacial score (nSPS) is 13.3. The van der Waals surface area contributed by atoms with Crippen LogP contribution in [-0.4, -0.2) is 29.1 Å². The van der Waals surface area contributed by atoms with Crippen LogP contribution in [0.15, 0.2) is 60.9 Å². The van der Waals surface area contributed by atoms with E-state index in [0.29, 0.717) is 5.69 Å². The van der Waals surface area contributed by atoms with Crippen LogP contribution < -0.4 is 15.5 Å². The van der Waals surface area contributed by atoms with Crippen molar-refractivity contribution in [2.45, 2.75) is 26.2 Å². The van der Waals surface area contributed by atoms with Gasteiger partial charge in [-0.05, 0) is 43.0 Å². The highest BCUT2D eigenvalue weighted by Gasteiger charge is 2.19. The Hall–Kier alpha value is -3.41. The first kappa shape index (κ1) is 18.9. The minimum absolute atomic E-state index is 0.262. The Kier molecular flexibility index (Phi) is 5.70. The number of rotatable bonds is 5. The van der Waals surface area contributed by atoms with Gasteiger partial charge in [-0.2, -0.15) is 0 Å². The van der Waals surface area contributed by atoms with Crippen molar-refractivity contribution >= 4 is 23.2 Å². The van der Waals surface area contributed by atoms with Gasteiger partial charge >= 0.3 is 6.03 Å². The fraction of sp³-hybridized carbons (Fsp3) is 0.261. The van der Waals surface area contributed by atoms with Gasteiger partial charge in [0.15, 0.2) is 5.82 Å². The quantitative estimate of drug-likeness (QED) is 0.650. The summed E-state index contributed by atoms with van der Waals surface area (Å²) < 4.78 is 0. The van der Waals surface area contributed by atoms with Crippen LogP contribution >= 0.6 is 0 Å². The largest absolute Gasteiger partial charge is 0.355 e. The molecule has 2 N–H and O–H groups in total. The van der Waals surface area contributed by atoms with Crippen molar-refractivity contribution in [3.8, 4) is 11.3 Å². The Morgan fingerprint density at radius 2 is 1.79 bits per heavy atom. The Morgan fingerprint density at radius 3 is 2.62 bits per heavy atom. The average molecular weight is 387 g/mol. The summed E-state index contributed by atoms with van der Waals surface area (Å²) >= 11 is 0. The fourth-order valence-corrected chi connectivity index (χ4v) is 3.67. The zero-order chi connectivity index (χ0) is 20.1. The Morgan fingerprint density at radius 1 is 1.00 bits per heavy atom. The molecule has 6 nitrogen and oxygen atoms in total. The van der Waals surface area contributed by atoms with E-state index in [2.05, 4.69) is 32.4 Å². The summed E-state index contributed by atoms with van der Waals surface area (Å²) in [6.07, 6.45) is 6.66. The Balaban J connectivity index is 1.53. The molecule has 2 amide bonds. The third kappa shape index (κ3) is 4.37. The van der Waals surface area contributed by atoms with Gasteiger partial charge in [0.2, 0.25) is 0 Å². The first-order valence-corrected chi connectivity index (χ1v) is 10.1. The predicted molar refractivity (Wildman–Crippen MR) is 117 cm³/mol. The van der Waals surface area contributed by atoms with Gasteiger partial charge in [-0.25, -0.2) is 9.78 Å². The minimum Gasteiger partial charge on any atom is -0.355 e. The third-order valence-corrected chi connectivity index (χ3v) is 5.12. The number of hydrogen-bond donors (Lipinski definition) is 2. The number of anilines is 3. The number of para-hydroxylation sites is 1. The van der Waals surface area contributed by atoms with Crippen molar-refractivity contribution in [1.29, 1.82) is 0 Å². The van der Waals surface area contributed by atoms with Crippen molar-refractivity contribution in [2.75, 3.05) is 28.6 Å². The Bertz CT molecular complexity index is 998. The smallest absolute Gasteiger partial charge is 0.323 e. The number of carbonyl (C=O) groups is 1. The van der Waals surface area contributed by atoms with E-state index in [1.807, 2.05) is 48.5 Å². The SMILES string of the molecule is CCc1ccccc1NC(=O)Nc1cccc(-c2nccnc2N2CCCC2)c1. The lowest BCUT2D eigenvalue weighted by Gasteiger charge is -2.19. The number of aromatic nitrogens is 2. The average Bonchev–Trinajstić information content (AvgIpc) is 3.29. The lowest BCUT2D eigenvalue weighted by Crippen LogP contribution is -2.21. The van der Waals surface area contributed by atoms with Crippen LogP contribution in [-0.2, 0) is 6.42 Å². The monoisotopic (exact) mass is 387 g/mol. The number of benzene rings is 2. The van der Waals surface area contributed by atoms with E-state index >= 15 is 0 Å². The van der Waals surface area contributed by atoms with Crippen LogP contribution in [0.5, 0.6) is 0 Å². The topological polar surface area (TPSA) is 70.1 Å². The van der Waals surface area contributed by atoms with Crippen LogP contribution in [0, 0.1) is 0 Å². The van der Waals surface area contributed by atoms with Gasteiger partial charge in [-0.15, -0.1) is 0 Å². The first-order chi connectivity index (χ1) is 14.2. The molecule has 148 valence electrons. The van der Waals surface area contributed by atoms with Crippen LogP contribution in [0.25, 0.3) is 11.3 Å². The molecule has 1 saturated heterocycles. The number of carbonyl (C=O) groups excluding carboxylic acids is 1. The molecule has 0 unspecified atom stereocenters. The predicted octanol–water partition coefficient (Wildman–Crippen LogP) is 4.95. The number of hydrogen-bond acceptors (Lipinski definition) is 4. The van der Waals surface area contributed by atoms with Crippen molar-refractivity contribution in [3.63, 3.8) is 0 Å². The lowest BCUT2D eigenvalue weighted by molar-refractivity contribution is 0.262. The molecule has 1 fully saturated rings. The third-order valence-electron chi connectivity index (χ3n) is 5.12. The van der Waals surface area contributed by atoms with E-state index in [0.717, 1.165) is 47.8 Å². The summed E-state index contributed by atoms with van der Waals surface area (Å²) in [5, 5.41) is 5.87. The van der Waals surface area contributed by atoms with Gasteiger partial charge in [0.1, 0.15) is 5.69 Å². The van der Waals surface area contributed by atoms with Crippen LogP contribution in [0.1, 0.15) is 25.3 Å². The molecule has 6 heteroatoms. The maximum Gasteiger partial charge on any atom is 0.323 e. The maximum absolute atomic E-state index is 12.5. The molecule has 1 aliphatic heterocycles. The maximum atomic E-state index is 12.5. The van der Waals surface area contributed by atoms with Gasteiger partial charge in [-0.1, -0.05) is 37.3 Å². The van der Waals surface area contributed by atoms with Gasteiger partial charge in [-0.3, -0.25) is 4.98 Å². The summed E-state index contributed by atoms with van der Waals surface area (Å²) in [6, 6.07) is 15.3. The molecule has 0 aliphatic carbocycles. The van der Waals surface area contributed by atoms with Crippen molar-refractivity contribution < 1.29 is 4.79 Å². The molecule has 1 aromatic heterocycles. The number of nitrogens with zero attached hydrogens (tertiary/aromatic N) is 3. The van der Waals surface area contributed by atoms with E-state index in [9.17, 15) is 4.79 Å². The molecule has 1 aliphatic rings. The summed E-state index contributed by atoms with van der Waals surface area (Å²) in [5.74, 6) is 0.906. The van der Waals surface area contributed by atoms with Crippen molar-refractivity contribution in [2.24, 2.45) is 0 Å². The second-order valence-electron chi connectivity index (χ2n) is 7.09. The van der Waals surface area contributed by atoms with E-state index in [1.165, 1.54) is 12.8 Å². The van der Waals surface area contributed by atoms with Gasteiger partial charge in [0.25, 0.3) is 0 Å². The van der Waals surface area contributed by atoms with Crippen LogP contribution in [0.2, 0.25) is 0 Å². The van der Waals surface area contributed by atoms with Crippen LogP contribution in [0.4, 0.5) is 22.0 Å². The second-order valence-corrected chi connectivity index (χ2v) is 7.09. The zero-order valence-electron chi connectivity index (χ0n) is 16.6. The molecular weight excluding hydrogens is 362 g/mol. The van der Waals surface area contributed by atoms with E-state index in [4.69, 9.17) is 0 Å². The number of nitrogens with one attached hydrogen (secondary N) is 2. The van der Waals surface area contributed by atoms with Gasteiger partial charge < -0.3 is 15.5 Å². The van der Waals surface area contributed by atoms with E-state index in [-0.39, 0.29) is 6.03 Å². The molecular formula is C23H25N5O. The summed E-state index contributed by atoms with van der Waals surface area (Å²) in [6.45, 7) is 4.08. The van der Waals surface area contributed by atoms with Crippen LogP contribution in [0.3, 0.4) is 0 Å².